The molecule has 0 bridgehead atoms. The fraction of sp³-hybridized carbons (Fsp3) is 0.667. The fourth-order valence-electron chi connectivity index (χ4n) is 0.726. The summed E-state index contributed by atoms with van der Waals surface area (Å²) in [7, 11) is 0. The quantitative estimate of drug-likeness (QED) is 0.0796. The Morgan fingerprint density at radius 1 is 0.405 bits per heavy atom. The molecule has 0 heterocycles. The van der Waals surface area contributed by atoms with Gasteiger partial charge in [-0.3, -0.25) is 19.2 Å². The summed E-state index contributed by atoms with van der Waals surface area (Å²) < 4.78 is 0. The Labute approximate surface area is 261 Å². The molecule has 0 rings (SSSR count). The van der Waals surface area contributed by atoms with Gasteiger partial charge in [-0.2, -0.15) is 0 Å². The fourth-order valence-corrected chi connectivity index (χ4v) is 0.726. The van der Waals surface area contributed by atoms with Crippen molar-refractivity contribution in [1.29, 1.82) is 0 Å². The van der Waals surface area contributed by atoms with E-state index < -0.39 is 36.5 Å². The van der Waals surface area contributed by atoms with Gasteiger partial charge >= 0.3 is 23.9 Å². The van der Waals surface area contributed by atoms with Crippen LogP contribution < -0.4 is 0 Å². The Kier molecular flexibility index (Phi) is 225. The summed E-state index contributed by atoms with van der Waals surface area (Å²) in [6.07, 6.45) is -4.06. The van der Waals surface area contributed by atoms with Crippen molar-refractivity contribution in [2.45, 2.75) is 51.1 Å². The number of hydrogen-bond donors (Lipinski definition) is 8. The van der Waals surface area contributed by atoms with Gasteiger partial charge in [0.1, 0.15) is 0 Å². The molecule has 37 heavy (non-hydrogen) atoms. The second-order valence-electron chi connectivity index (χ2n) is 4.11. The van der Waals surface area contributed by atoms with Gasteiger partial charge in [-0.15, -0.1) is 0 Å². The van der Waals surface area contributed by atoms with Crippen LogP contribution in [-0.4, -0.2) is 88.3 Å². The van der Waals surface area contributed by atoms with Crippen LogP contribution in [0.2, 0.25) is 0 Å². The molecule has 0 aromatic heterocycles. The normalized spacial score (nSPS) is 6.11. The largest absolute Gasteiger partial charge is 0.481 e. The van der Waals surface area contributed by atoms with E-state index in [1.165, 1.54) is 0 Å². The molecule has 0 aliphatic heterocycles. The Bertz CT molecular complexity index is 340. The molecule has 25 heteroatoms. The molecule has 0 fully saturated rings. The average Bonchev–Trinajstić information content (AvgIpc) is 2.42. The van der Waals surface area contributed by atoms with Crippen molar-refractivity contribution in [2.24, 2.45) is 0 Å². The SMILES string of the molecule is O.O.O=C(O)CCC(=O)O.O=C(O)CCC(=O)O.OC(O)CCC(O)O.[Co].[Co].[Co].[Co].[Co].[OH3+].[OH3+].[OH3+].[OH3+].[OH3+].[OH3+]. The van der Waals surface area contributed by atoms with Crippen LogP contribution in [0.3, 0.4) is 0 Å². The molecule has 0 aliphatic carbocycles. The topological polar surface area (TPSA) is 491 Å². The van der Waals surface area contributed by atoms with Crippen LogP contribution in [0.15, 0.2) is 0 Å². The van der Waals surface area contributed by atoms with E-state index in [1.807, 2.05) is 0 Å². The van der Waals surface area contributed by atoms with Crippen molar-refractivity contribution in [3.05, 3.63) is 0 Å². The minimum atomic E-state index is -1.43. The molecule has 0 aromatic rings. The standard InChI is InChI=1S/C4H10O4.2C4H6O4.5Co.8H2O/c3*5-3(6)1-2-4(7)8;;;;;;;;;;;;;/h3-8H,1-2H2;2*1-2H2,(H,5,6)(H,7,8);;;;;;8*1H2/p+6. The maximum Gasteiger partial charge on any atom is 0.303 e. The molecule has 0 spiro atoms. The summed E-state index contributed by atoms with van der Waals surface area (Å²) >= 11 is 0. The molecule has 30 N–H and O–H groups in total. The first-order valence-corrected chi connectivity index (χ1v) is 6.47. The second kappa shape index (κ2) is 76.6. The van der Waals surface area contributed by atoms with Gasteiger partial charge in [0, 0.05) is 96.7 Å². The minimum absolute atomic E-state index is 0. The zero-order valence-electron chi connectivity index (χ0n) is 18.7. The Morgan fingerprint density at radius 2 is 0.514 bits per heavy atom. The van der Waals surface area contributed by atoms with Gasteiger partial charge in [0.2, 0.25) is 0 Å². The van der Waals surface area contributed by atoms with Gasteiger partial charge < -0.3 is 84.7 Å². The first-order valence-electron chi connectivity index (χ1n) is 6.47. The summed E-state index contributed by atoms with van der Waals surface area (Å²) in [6.45, 7) is 0. The van der Waals surface area contributed by atoms with Gasteiger partial charge in [0.15, 0.2) is 12.6 Å². The third-order valence-electron chi connectivity index (χ3n) is 1.79. The van der Waals surface area contributed by atoms with E-state index >= 15 is 0 Å². The maximum absolute atomic E-state index is 9.64. The molecule has 0 unspecified atom stereocenters. The molecule has 0 saturated carbocycles. The van der Waals surface area contributed by atoms with Crippen LogP contribution in [0.25, 0.3) is 0 Å². The van der Waals surface area contributed by atoms with Crippen LogP contribution in [0.5, 0.6) is 0 Å². The summed E-state index contributed by atoms with van der Waals surface area (Å²) in [5.41, 5.74) is 0. The molecule has 0 aliphatic rings. The van der Waals surface area contributed by atoms with Gasteiger partial charge in [0.05, 0.1) is 25.7 Å². The van der Waals surface area contributed by atoms with Crippen LogP contribution in [0, 0.1) is 0 Å². The summed E-state index contributed by atoms with van der Waals surface area (Å²) in [5.74, 6) is -4.31. The van der Waals surface area contributed by atoms with Gasteiger partial charge in [-0.05, 0) is 0 Å². The van der Waals surface area contributed by atoms with E-state index in [2.05, 4.69) is 0 Å². The van der Waals surface area contributed by atoms with E-state index in [4.69, 9.17) is 40.9 Å². The van der Waals surface area contributed by atoms with Crippen molar-refractivity contribution in [3.63, 3.8) is 0 Å². The van der Waals surface area contributed by atoms with Gasteiger partial charge in [-0.1, -0.05) is 0 Å². The number of aliphatic carboxylic acids is 4. The summed E-state index contributed by atoms with van der Waals surface area (Å²) in [5, 5.41) is 64.1. The van der Waals surface area contributed by atoms with Crippen LogP contribution in [0.1, 0.15) is 38.5 Å². The minimum Gasteiger partial charge on any atom is -0.481 e. The molecule has 0 amide bonds. The van der Waals surface area contributed by atoms with Crippen molar-refractivity contribution < 1.29 is 188 Å². The molecular formula is C12H44Co5O20+6. The molecule has 20 nitrogen and oxygen atoms in total. The van der Waals surface area contributed by atoms with E-state index in [-0.39, 0.29) is 166 Å². The molecule has 5 radical (unpaired) electrons. The van der Waals surface area contributed by atoms with E-state index in [0.717, 1.165) is 0 Å². The number of carboxylic acids is 4. The van der Waals surface area contributed by atoms with Crippen LogP contribution in [-0.2, 0) is 136 Å². The molecule has 0 atom stereocenters. The Balaban J connectivity index is -0.0000000109. The van der Waals surface area contributed by atoms with E-state index in [9.17, 15) is 19.2 Å². The zero-order chi connectivity index (χ0) is 19.7. The van der Waals surface area contributed by atoms with Crippen molar-refractivity contribution in [1.82, 2.24) is 0 Å². The van der Waals surface area contributed by atoms with Crippen molar-refractivity contribution in [3.8, 4) is 0 Å². The zero-order valence-corrected chi connectivity index (χ0v) is 23.9. The van der Waals surface area contributed by atoms with E-state index in [0.29, 0.717) is 0 Å². The number of carboxylic acid groups (broad SMARTS) is 4. The average molecular weight is 803 g/mol. The van der Waals surface area contributed by atoms with Crippen LogP contribution >= 0.6 is 0 Å². The number of aliphatic hydroxyl groups excluding tert-OH is 2. The molecule has 0 aromatic carbocycles. The molecule has 0 saturated heterocycles. The first-order chi connectivity index (χ1) is 10.9. The van der Waals surface area contributed by atoms with Crippen molar-refractivity contribution in [2.75, 3.05) is 0 Å². The number of rotatable bonds is 9. The Morgan fingerprint density at radius 3 is 0.568 bits per heavy atom. The maximum atomic E-state index is 9.64. The van der Waals surface area contributed by atoms with Gasteiger partial charge in [0.25, 0.3) is 0 Å². The third-order valence-corrected chi connectivity index (χ3v) is 1.79. The summed E-state index contributed by atoms with van der Waals surface area (Å²) in [4.78, 5) is 38.6. The molecule has 251 valence electrons. The first kappa shape index (κ1) is 109. The number of carbonyl (C=O) groups is 4. The van der Waals surface area contributed by atoms with Gasteiger partial charge in [-0.25, -0.2) is 0 Å². The molecular weight excluding hydrogens is 759 g/mol. The third kappa shape index (κ3) is 186. The van der Waals surface area contributed by atoms with Crippen LogP contribution in [0.4, 0.5) is 0 Å². The number of hydrogen-bond acceptors (Lipinski definition) is 8. The Hall–Kier alpha value is -0.0675. The van der Waals surface area contributed by atoms with E-state index in [1.54, 1.807) is 0 Å². The predicted octanol–water partition coefficient (Wildman–Crippen LogP) is -8.93. The smallest absolute Gasteiger partial charge is 0.303 e. The number of aliphatic hydroxyl groups is 4. The monoisotopic (exact) mass is 803 g/mol. The predicted molar refractivity (Wildman–Crippen MR) is 111 cm³/mol. The second-order valence-corrected chi connectivity index (χ2v) is 4.11. The van der Waals surface area contributed by atoms with Crippen molar-refractivity contribution >= 4 is 23.9 Å². The summed E-state index contributed by atoms with van der Waals surface area (Å²) in [6, 6.07) is 0.